The van der Waals surface area contributed by atoms with Gasteiger partial charge in [-0.25, -0.2) is 4.39 Å². The third-order valence-corrected chi connectivity index (χ3v) is 3.19. The number of rotatable bonds is 2. The molecule has 0 saturated heterocycles. The van der Waals surface area contributed by atoms with Gasteiger partial charge in [0.25, 0.3) is 0 Å². The van der Waals surface area contributed by atoms with Crippen LogP contribution in [-0.4, -0.2) is 5.11 Å². The van der Waals surface area contributed by atoms with Crippen LogP contribution in [-0.2, 0) is 6.61 Å². The van der Waals surface area contributed by atoms with Gasteiger partial charge < -0.3 is 5.11 Å². The van der Waals surface area contributed by atoms with Crippen LogP contribution in [0.25, 0.3) is 11.1 Å². The van der Waals surface area contributed by atoms with Crippen LogP contribution >= 0.6 is 23.2 Å². The summed E-state index contributed by atoms with van der Waals surface area (Å²) in [5, 5.41) is 9.72. The molecule has 0 aliphatic carbocycles. The molecule has 0 heterocycles. The SMILES string of the molecule is OCc1ccc(-c2ccc(Cl)c(Cl)c2)c(F)c1. The van der Waals surface area contributed by atoms with Crippen LogP contribution in [0.5, 0.6) is 0 Å². The van der Waals surface area contributed by atoms with E-state index in [1.165, 1.54) is 6.07 Å². The molecule has 88 valence electrons. The first kappa shape index (κ1) is 12.4. The summed E-state index contributed by atoms with van der Waals surface area (Å²) in [5.74, 6) is -0.394. The highest BCUT2D eigenvalue weighted by atomic mass is 35.5. The molecule has 0 radical (unpaired) electrons. The zero-order chi connectivity index (χ0) is 12.4. The van der Waals surface area contributed by atoms with Gasteiger partial charge in [0.15, 0.2) is 0 Å². The van der Waals surface area contributed by atoms with Gasteiger partial charge in [0.05, 0.1) is 16.7 Å². The van der Waals surface area contributed by atoms with Gasteiger partial charge in [-0.05, 0) is 29.3 Å². The molecular formula is C13H9Cl2FO. The highest BCUT2D eigenvalue weighted by molar-refractivity contribution is 6.42. The maximum absolute atomic E-state index is 13.8. The van der Waals surface area contributed by atoms with E-state index in [4.69, 9.17) is 28.3 Å². The molecule has 2 aromatic carbocycles. The van der Waals surface area contributed by atoms with Crippen LogP contribution in [0.2, 0.25) is 10.0 Å². The van der Waals surface area contributed by atoms with E-state index in [0.717, 1.165) is 0 Å². The largest absolute Gasteiger partial charge is 0.392 e. The lowest BCUT2D eigenvalue weighted by Crippen LogP contribution is -1.89. The van der Waals surface area contributed by atoms with Crippen molar-refractivity contribution in [3.05, 3.63) is 57.8 Å². The predicted molar refractivity (Wildman–Crippen MR) is 67.8 cm³/mol. The lowest BCUT2D eigenvalue weighted by Gasteiger charge is -2.06. The lowest BCUT2D eigenvalue weighted by atomic mass is 10.0. The van der Waals surface area contributed by atoms with Crippen LogP contribution in [0.1, 0.15) is 5.56 Å². The predicted octanol–water partition coefficient (Wildman–Crippen LogP) is 4.29. The Morgan fingerprint density at radius 2 is 1.76 bits per heavy atom. The van der Waals surface area contributed by atoms with Gasteiger partial charge in [0.1, 0.15) is 5.82 Å². The average Bonchev–Trinajstić information content (AvgIpc) is 2.32. The van der Waals surface area contributed by atoms with Crippen LogP contribution < -0.4 is 0 Å². The Kier molecular flexibility index (Phi) is 3.67. The van der Waals surface area contributed by atoms with E-state index in [1.54, 1.807) is 30.3 Å². The summed E-state index contributed by atoms with van der Waals surface area (Å²) in [6, 6.07) is 9.52. The number of aliphatic hydroxyl groups excluding tert-OH is 1. The monoisotopic (exact) mass is 270 g/mol. The number of aliphatic hydroxyl groups is 1. The molecule has 1 nitrogen and oxygen atoms in total. The summed E-state index contributed by atoms with van der Waals surface area (Å²) in [6.45, 7) is -0.182. The van der Waals surface area contributed by atoms with Gasteiger partial charge in [0, 0.05) is 5.56 Å². The zero-order valence-corrected chi connectivity index (χ0v) is 10.3. The van der Waals surface area contributed by atoms with Crippen molar-refractivity contribution in [2.24, 2.45) is 0 Å². The Bertz CT molecular complexity index is 555. The Labute approximate surface area is 108 Å². The standard InChI is InChI=1S/C13H9Cl2FO/c14-11-4-2-9(6-12(11)15)10-3-1-8(7-17)5-13(10)16/h1-6,17H,7H2. The highest BCUT2D eigenvalue weighted by Gasteiger charge is 2.07. The maximum atomic E-state index is 13.8. The van der Waals surface area contributed by atoms with Crippen LogP contribution in [0.4, 0.5) is 4.39 Å². The van der Waals surface area contributed by atoms with Gasteiger partial charge in [-0.15, -0.1) is 0 Å². The van der Waals surface area contributed by atoms with E-state index in [2.05, 4.69) is 0 Å². The molecule has 0 unspecified atom stereocenters. The van der Waals surface area contributed by atoms with Crippen molar-refractivity contribution in [3.8, 4) is 11.1 Å². The second-order valence-electron chi connectivity index (χ2n) is 3.60. The van der Waals surface area contributed by atoms with Crippen LogP contribution in [0.3, 0.4) is 0 Å². The van der Waals surface area contributed by atoms with Gasteiger partial charge in [-0.3, -0.25) is 0 Å². The van der Waals surface area contributed by atoms with Crippen molar-refractivity contribution in [3.63, 3.8) is 0 Å². The normalized spacial score (nSPS) is 10.6. The van der Waals surface area contributed by atoms with E-state index in [1.807, 2.05) is 0 Å². The summed E-state index contributed by atoms with van der Waals surface area (Å²) >= 11 is 11.7. The lowest BCUT2D eigenvalue weighted by molar-refractivity contribution is 0.281. The van der Waals surface area contributed by atoms with E-state index in [9.17, 15) is 4.39 Å². The van der Waals surface area contributed by atoms with E-state index >= 15 is 0 Å². The first-order valence-electron chi connectivity index (χ1n) is 4.96. The molecule has 0 aliphatic rings. The number of benzene rings is 2. The fraction of sp³-hybridized carbons (Fsp3) is 0.0769. The van der Waals surface area contributed by atoms with Crippen molar-refractivity contribution in [2.45, 2.75) is 6.61 Å². The topological polar surface area (TPSA) is 20.2 Å². The Balaban J connectivity index is 2.49. The minimum absolute atomic E-state index is 0.182. The molecule has 0 fully saturated rings. The molecule has 0 atom stereocenters. The third kappa shape index (κ3) is 2.60. The molecule has 0 amide bonds. The second-order valence-corrected chi connectivity index (χ2v) is 4.42. The molecule has 0 aliphatic heterocycles. The van der Waals surface area contributed by atoms with Crippen molar-refractivity contribution in [1.29, 1.82) is 0 Å². The van der Waals surface area contributed by atoms with Crippen molar-refractivity contribution in [2.75, 3.05) is 0 Å². The van der Waals surface area contributed by atoms with Crippen LogP contribution in [0.15, 0.2) is 36.4 Å². The molecular weight excluding hydrogens is 262 g/mol. The molecule has 0 spiro atoms. The molecule has 0 saturated carbocycles. The minimum atomic E-state index is -0.394. The smallest absolute Gasteiger partial charge is 0.131 e. The average molecular weight is 271 g/mol. The van der Waals surface area contributed by atoms with Gasteiger partial charge in [-0.1, -0.05) is 41.4 Å². The Hall–Kier alpha value is -1.09. The first-order valence-corrected chi connectivity index (χ1v) is 5.72. The maximum Gasteiger partial charge on any atom is 0.131 e. The molecule has 2 aromatic rings. The zero-order valence-electron chi connectivity index (χ0n) is 8.75. The van der Waals surface area contributed by atoms with Gasteiger partial charge in [-0.2, -0.15) is 0 Å². The number of halogens is 3. The molecule has 0 bridgehead atoms. The van der Waals surface area contributed by atoms with Crippen LogP contribution in [0, 0.1) is 5.82 Å². The van der Waals surface area contributed by atoms with Gasteiger partial charge >= 0.3 is 0 Å². The molecule has 2 rings (SSSR count). The summed E-state index contributed by atoms with van der Waals surface area (Å²) in [7, 11) is 0. The van der Waals surface area contributed by atoms with E-state index in [0.29, 0.717) is 26.7 Å². The Morgan fingerprint density at radius 1 is 1.00 bits per heavy atom. The Morgan fingerprint density at radius 3 is 2.35 bits per heavy atom. The molecule has 1 N–H and O–H groups in total. The van der Waals surface area contributed by atoms with Gasteiger partial charge in [0.2, 0.25) is 0 Å². The fourth-order valence-electron chi connectivity index (χ4n) is 1.55. The minimum Gasteiger partial charge on any atom is -0.392 e. The fourth-order valence-corrected chi connectivity index (χ4v) is 1.85. The highest BCUT2D eigenvalue weighted by Crippen LogP contribution is 2.30. The molecule has 0 aromatic heterocycles. The number of hydrogen-bond donors (Lipinski definition) is 1. The second kappa shape index (κ2) is 5.05. The summed E-state index contributed by atoms with van der Waals surface area (Å²) < 4.78 is 13.8. The van der Waals surface area contributed by atoms with Crippen molar-refractivity contribution < 1.29 is 9.50 Å². The van der Waals surface area contributed by atoms with Crippen molar-refractivity contribution >= 4 is 23.2 Å². The van der Waals surface area contributed by atoms with Crippen molar-refractivity contribution in [1.82, 2.24) is 0 Å². The summed E-state index contributed by atoms with van der Waals surface area (Å²) in [4.78, 5) is 0. The van der Waals surface area contributed by atoms with E-state index in [-0.39, 0.29) is 6.61 Å². The first-order chi connectivity index (χ1) is 8.11. The third-order valence-electron chi connectivity index (χ3n) is 2.45. The summed E-state index contributed by atoms with van der Waals surface area (Å²) in [5.41, 5.74) is 1.62. The molecule has 4 heteroatoms. The van der Waals surface area contributed by atoms with E-state index < -0.39 is 5.82 Å². The number of hydrogen-bond acceptors (Lipinski definition) is 1. The molecule has 17 heavy (non-hydrogen) atoms. The quantitative estimate of drug-likeness (QED) is 0.863. The summed E-state index contributed by atoms with van der Waals surface area (Å²) in [6.07, 6.45) is 0.